The Morgan fingerprint density at radius 2 is 1.60 bits per heavy atom. The highest BCUT2D eigenvalue weighted by molar-refractivity contribution is 9.10. The van der Waals surface area contributed by atoms with Gasteiger partial charge in [0.1, 0.15) is 6.17 Å². The summed E-state index contributed by atoms with van der Waals surface area (Å²) in [4.78, 5) is 15.1. The van der Waals surface area contributed by atoms with E-state index in [1.165, 1.54) is 5.56 Å². The first-order chi connectivity index (χ1) is 12.1. The number of carbonyl (C=O) groups excluding carboxylic acids is 1. The Kier molecular flexibility index (Phi) is 4.06. The standard InChI is InChI=1S/C21H17BrN2O/c1-14-6-12-17(13-7-14)24-20(15-8-10-16(22)11-9-15)23-19-5-3-2-4-18(19)21(24)25/h2-13,20,23H,1H3/t20-/m0/s1. The van der Waals surface area contributed by atoms with Crippen LogP contribution < -0.4 is 10.2 Å². The summed E-state index contributed by atoms with van der Waals surface area (Å²) in [6.45, 7) is 2.04. The number of nitrogens with zero attached hydrogens (tertiary/aromatic N) is 1. The van der Waals surface area contributed by atoms with Gasteiger partial charge in [-0.1, -0.05) is 57.9 Å². The predicted octanol–water partition coefficient (Wildman–Crippen LogP) is 5.53. The van der Waals surface area contributed by atoms with E-state index in [2.05, 4.69) is 21.2 Å². The van der Waals surface area contributed by atoms with Crippen molar-refractivity contribution in [2.45, 2.75) is 13.1 Å². The molecule has 0 saturated carbocycles. The van der Waals surface area contributed by atoms with E-state index in [-0.39, 0.29) is 12.1 Å². The summed E-state index contributed by atoms with van der Waals surface area (Å²) in [5, 5.41) is 3.52. The summed E-state index contributed by atoms with van der Waals surface area (Å²) in [7, 11) is 0. The number of halogens is 1. The van der Waals surface area contributed by atoms with E-state index in [1.807, 2.05) is 84.6 Å². The van der Waals surface area contributed by atoms with Crippen LogP contribution in [0.5, 0.6) is 0 Å². The SMILES string of the molecule is Cc1ccc(N2C(=O)c3ccccc3N[C@@H]2c2ccc(Br)cc2)cc1. The summed E-state index contributed by atoms with van der Waals surface area (Å²) < 4.78 is 1.01. The summed E-state index contributed by atoms with van der Waals surface area (Å²) in [6, 6.07) is 23.8. The number of carbonyl (C=O) groups is 1. The number of hydrogen-bond donors (Lipinski definition) is 1. The number of anilines is 2. The Morgan fingerprint density at radius 1 is 0.920 bits per heavy atom. The minimum atomic E-state index is -0.252. The summed E-state index contributed by atoms with van der Waals surface area (Å²) in [5.41, 5.74) is 4.64. The Bertz CT molecular complexity index is 919. The second kappa shape index (κ2) is 6.37. The third-order valence-corrected chi connectivity index (χ3v) is 4.95. The van der Waals surface area contributed by atoms with E-state index in [0.29, 0.717) is 5.56 Å². The van der Waals surface area contributed by atoms with Gasteiger partial charge in [-0.05, 0) is 48.9 Å². The van der Waals surface area contributed by atoms with Crippen LogP contribution in [0.2, 0.25) is 0 Å². The average molecular weight is 393 g/mol. The van der Waals surface area contributed by atoms with Crippen LogP contribution in [0.4, 0.5) is 11.4 Å². The van der Waals surface area contributed by atoms with Crippen molar-refractivity contribution in [2.24, 2.45) is 0 Å². The smallest absolute Gasteiger partial charge is 0.262 e. The molecule has 1 heterocycles. The van der Waals surface area contributed by atoms with Crippen molar-refractivity contribution in [3.63, 3.8) is 0 Å². The number of nitrogens with one attached hydrogen (secondary N) is 1. The average Bonchev–Trinajstić information content (AvgIpc) is 2.63. The van der Waals surface area contributed by atoms with Crippen LogP contribution in [0.3, 0.4) is 0 Å². The molecule has 0 unspecified atom stereocenters. The fourth-order valence-corrected chi connectivity index (χ4v) is 3.37. The highest BCUT2D eigenvalue weighted by atomic mass is 79.9. The number of fused-ring (bicyclic) bond motifs is 1. The lowest BCUT2D eigenvalue weighted by atomic mass is 10.0. The minimum Gasteiger partial charge on any atom is -0.360 e. The van der Waals surface area contributed by atoms with Gasteiger partial charge in [0.25, 0.3) is 5.91 Å². The van der Waals surface area contributed by atoms with Crippen LogP contribution in [0, 0.1) is 6.92 Å². The zero-order chi connectivity index (χ0) is 17.4. The molecule has 1 aliphatic rings. The van der Waals surface area contributed by atoms with E-state index in [1.54, 1.807) is 0 Å². The van der Waals surface area contributed by atoms with Crippen LogP contribution >= 0.6 is 15.9 Å². The Balaban J connectivity index is 1.85. The number of rotatable bonds is 2. The molecule has 3 aromatic rings. The topological polar surface area (TPSA) is 32.3 Å². The highest BCUT2D eigenvalue weighted by Crippen LogP contribution is 2.36. The minimum absolute atomic E-state index is 0.00567. The maximum Gasteiger partial charge on any atom is 0.262 e. The number of aryl methyl sites for hydroxylation is 1. The Labute approximate surface area is 155 Å². The molecule has 4 rings (SSSR count). The lowest BCUT2D eigenvalue weighted by Crippen LogP contribution is -2.43. The van der Waals surface area contributed by atoms with Gasteiger partial charge in [0.05, 0.1) is 5.56 Å². The third kappa shape index (κ3) is 2.94. The first-order valence-corrected chi connectivity index (χ1v) is 8.94. The van der Waals surface area contributed by atoms with Crippen molar-refractivity contribution in [1.29, 1.82) is 0 Å². The van der Waals surface area contributed by atoms with Gasteiger partial charge >= 0.3 is 0 Å². The number of amides is 1. The van der Waals surface area contributed by atoms with Gasteiger partial charge in [0.2, 0.25) is 0 Å². The first kappa shape index (κ1) is 15.9. The highest BCUT2D eigenvalue weighted by Gasteiger charge is 2.33. The molecular formula is C21H17BrN2O. The van der Waals surface area contributed by atoms with Crippen molar-refractivity contribution < 1.29 is 4.79 Å². The molecule has 0 saturated heterocycles. The van der Waals surface area contributed by atoms with Crippen LogP contribution in [-0.2, 0) is 0 Å². The molecule has 0 bridgehead atoms. The normalized spacial score (nSPS) is 16.3. The van der Waals surface area contributed by atoms with Crippen LogP contribution in [-0.4, -0.2) is 5.91 Å². The fraction of sp³-hybridized carbons (Fsp3) is 0.0952. The number of para-hydroxylation sites is 1. The Hall–Kier alpha value is -2.59. The molecule has 124 valence electrons. The molecule has 1 amide bonds. The van der Waals surface area contributed by atoms with Gasteiger partial charge in [0.15, 0.2) is 0 Å². The maximum absolute atomic E-state index is 13.2. The lowest BCUT2D eigenvalue weighted by Gasteiger charge is -2.38. The molecule has 0 radical (unpaired) electrons. The third-order valence-electron chi connectivity index (χ3n) is 4.42. The molecule has 25 heavy (non-hydrogen) atoms. The lowest BCUT2D eigenvalue weighted by molar-refractivity contribution is 0.0975. The zero-order valence-corrected chi connectivity index (χ0v) is 15.3. The van der Waals surface area contributed by atoms with E-state index in [9.17, 15) is 4.79 Å². The van der Waals surface area contributed by atoms with E-state index >= 15 is 0 Å². The summed E-state index contributed by atoms with van der Waals surface area (Å²) >= 11 is 3.47. The molecule has 0 spiro atoms. The summed E-state index contributed by atoms with van der Waals surface area (Å²) in [6.07, 6.45) is -0.252. The van der Waals surface area contributed by atoms with Crippen molar-refractivity contribution in [3.8, 4) is 0 Å². The number of hydrogen-bond acceptors (Lipinski definition) is 2. The molecule has 4 heteroatoms. The summed E-state index contributed by atoms with van der Waals surface area (Å²) in [5.74, 6) is 0.00567. The van der Waals surface area contributed by atoms with Crippen molar-refractivity contribution in [1.82, 2.24) is 0 Å². The molecule has 3 nitrogen and oxygen atoms in total. The largest absolute Gasteiger partial charge is 0.360 e. The monoisotopic (exact) mass is 392 g/mol. The van der Waals surface area contributed by atoms with Crippen LogP contribution in [0.1, 0.15) is 27.7 Å². The van der Waals surface area contributed by atoms with Gasteiger partial charge in [-0.2, -0.15) is 0 Å². The Morgan fingerprint density at radius 3 is 2.32 bits per heavy atom. The maximum atomic E-state index is 13.2. The van der Waals surface area contributed by atoms with Gasteiger partial charge in [0, 0.05) is 15.8 Å². The molecular weight excluding hydrogens is 376 g/mol. The first-order valence-electron chi connectivity index (χ1n) is 8.15. The second-order valence-corrected chi connectivity index (χ2v) is 7.07. The van der Waals surface area contributed by atoms with E-state index in [0.717, 1.165) is 21.4 Å². The van der Waals surface area contributed by atoms with Gasteiger partial charge < -0.3 is 5.32 Å². The van der Waals surface area contributed by atoms with E-state index < -0.39 is 0 Å². The van der Waals surface area contributed by atoms with Gasteiger partial charge in [-0.15, -0.1) is 0 Å². The molecule has 0 aromatic heterocycles. The molecule has 0 aliphatic carbocycles. The van der Waals surface area contributed by atoms with E-state index in [4.69, 9.17) is 0 Å². The molecule has 1 N–H and O–H groups in total. The molecule has 0 fully saturated rings. The molecule has 3 aromatic carbocycles. The predicted molar refractivity (Wildman–Crippen MR) is 105 cm³/mol. The van der Waals surface area contributed by atoms with Crippen molar-refractivity contribution in [3.05, 3.63) is 94.0 Å². The molecule has 1 aliphatic heterocycles. The van der Waals surface area contributed by atoms with Crippen molar-refractivity contribution >= 4 is 33.2 Å². The zero-order valence-electron chi connectivity index (χ0n) is 13.7. The van der Waals surface area contributed by atoms with Crippen LogP contribution in [0.25, 0.3) is 0 Å². The van der Waals surface area contributed by atoms with Crippen LogP contribution in [0.15, 0.2) is 77.3 Å². The number of benzene rings is 3. The molecule has 1 atom stereocenters. The fourth-order valence-electron chi connectivity index (χ4n) is 3.10. The quantitative estimate of drug-likeness (QED) is 0.621. The van der Waals surface area contributed by atoms with Gasteiger partial charge in [-0.3, -0.25) is 9.69 Å². The van der Waals surface area contributed by atoms with Gasteiger partial charge in [-0.25, -0.2) is 0 Å². The van der Waals surface area contributed by atoms with Crippen molar-refractivity contribution in [2.75, 3.05) is 10.2 Å². The second-order valence-electron chi connectivity index (χ2n) is 6.15.